The fourth-order valence-corrected chi connectivity index (χ4v) is 3.48. The van der Waals surface area contributed by atoms with Crippen molar-refractivity contribution >= 4 is 33.2 Å². The van der Waals surface area contributed by atoms with Crippen LogP contribution in [0.15, 0.2) is 82.2 Å². The van der Waals surface area contributed by atoms with E-state index in [2.05, 4.69) is 15.5 Å². The van der Waals surface area contributed by atoms with E-state index in [1.165, 1.54) is 24.3 Å². The number of aromatic nitrogens is 2. The van der Waals surface area contributed by atoms with Crippen molar-refractivity contribution in [3.8, 4) is 22.8 Å². The zero-order valence-corrected chi connectivity index (χ0v) is 17.4. The Kier molecular flexibility index (Phi) is 5.55. The third-order valence-electron chi connectivity index (χ3n) is 4.37. The number of halogens is 1. The summed E-state index contributed by atoms with van der Waals surface area (Å²) >= 11 is 5.91. The fourth-order valence-electron chi connectivity index (χ4n) is 2.84. The van der Waals surface area contributed by atoms with E-state index in [-0.39, 0.29) is 10.8 Å². The van der Waals surface area contributed by atoms with E-state index in [4.69, 9.17) is 21.3 Å². The van der Waals surface area contributed by atoms with Gasteiger partial charge in [0.2, 0.25) is 15.8 Å². The summed E-state index contributed by atoms with van der Waals surface area (Å²) in [5.74, 6) is 0.117. The summed E-state index contributed by atoms with van der Waals surface area (Å²) in [6, 6.07) is 19.3. The zero-order chi connectivity index (χ0) is 22.0. The lowest BCUT2D eigenvalue weighted by Crippen LogP contribution is -2.14. The van der Waals surface area contributed by atoms with E-state index in [1.807, 2.05) is 0 Å². The standard InChI is InChI=1S/C21H15ClN4O4S/c22-14-7-5-13(6-8-14)19-25-21(30-26-19)18-4-2-1-3-17(18)20(27)24-15-9-11-16(12-10-15)31(23,28)29/h1-12H,(H,24,27)(H2,23,28,29). The SMILES string of the molecule is NS(=O)(=O)c1ccc(NC(=O)c2ccccc2-c2nc(-c3ccc(Cl)cc3)no2)cc1. The van der Waals surface area contributed by atoms with Crippen LogP contribution in [0.2, 0.25) is 5.02 Å². The molecule has 0 fully saturated rings. The minimum absolute atomic E-state index is 0.0495. The van der Waals surface area contributed by atoms with Crippen molar-refractivity contribution in [2.45, 2.75) is 4.90 Å². The number of nitrogens with one attached hydrogen (secondary N) is 1. The van der Waals surface area contributed by atoms with Crippen LogP contribution in [0, 0.1) is 0 Å². The van der Waals surface area contributed by atoms with Crippen molar-refractivity contribution in [2.24, 2.45) is 5.14 Å². The molecule has 0 saturated carbocycles. The molecule has 8 nitrogen and oxygen atoms in total. The van der Waals surface area contributed by atoms with E-state index < -0.39 is 15.9 Å². The van der Waals surface area contributed by atoms with Crippen LogP contribution in [0.3, 0.4) is 0 Å². The van der Waals surface area contributed by atoms with Gasteiger partial charge in [-0.05, 0) is 60.7 Å². The second kappa shape index (κ2) is 8.31. The van der Waals surface area contributed by atoms with E-state index >= 15 is 0 Å². The lowest BCUT2D eigenvalue weighted by atomic mass is 10.1. The first kappa shape index (κ1) is 20.7. The molecule has 0 aliphatic heterocycles. The normalized spacial score (nSPS) is 11.3. The van der Waals surface area contributed by atoms with Crippen molar-refractivity contribution in [2.75, 3.05) is 5.32 Å². The highest BCUT2D eigenvalue weighted by atomic mass is 35.5. The second-order valence-corrected chi connectivity index (χ2v) is 8.50. The molecule has 0 radical (unpaired) electrons. The smallest absolute Gasteiger partial charge is 0.259 e. The third-order valence-corrected chi connectivity index (χ3v) is 5.55. The number of carbonyl (C=O) groups is 1. The van der Waals surface area contributed by atoms with Crippen LogP contribution in [-0.2, 0) is 10.0 Å². The maximum Gasteiger partial charge on any atom is 0.259 e. The second-order valence-electron chi connectivity index (χ2n) is 6.50. The highest BCUT2D eigenvalue weighted by Gasteiger charge is 2.18. The summed E-state index contributed by atoms with van der Waals surface area (Å²) in [6.07, 6.45) is 0. The van der Waals surface area contributed by atoms with Crippen LogP contribution in [0.25, 0.3) is 22.8 Å². The molecule has 4 rings (SSSR count). The number of nitrogens with zero attached hydrogens (tertiary/aromatic N) is 2. The summed E-state index contributed by atoms with van der Waals surface area (Å²) in [5, 5.41) is 12.4. The molecule has 156 valence electrons. The molecule has 3 aromatic carbocycles. The molecule has 1 aromatic heterocycles. The largest absolute Gasteiger partial charge is 0.334 e. The molecule has 0 aliphatic carbocycles. The van der Waals surface area contributed by atoms with E-state index in [9.17, 15) is 13.2 Å². The summed E-state index contributed by atoms with van der Waals surface area (Å²) in [6.45, 7) is 0. The minimum atomic E-state index is -3.81. The van der Waals surface area contributed by atoms with Crippen LogP contribution < -0.4 is 10.5 Å². The van der Waals surface area contributed by atoms with Crippen molar-refractivity contribution < 1.29 is 17.7 Å². The topological polar surface area (TPSA) is 128 Å². The number of amides is 1. The minimum Gasteiger partial charge on any atom is -0.334 e. The van der Waals surface area contributed by atoms with Gasteiger partial charge >= 0.3 is 0 Å². The van der Waals surface area contributed by atoms with Gasteiger partial charge < -0.3 is 9.84 Å². The predicted octanol–water partition coefficient (Wildman–Crippen LogP) is 3.96. The Morgan fingerprint density at radius 1 is 0.968 bits per heavy atom. The monoisotopic (exact) mass is 454 g/mol. The van der Waals surface area contributed by atoms with E-state index in [0.717, 1.165) is 5.56 Å². The first-order chi connectivity index (χ1) is 14.8. The maximum absolute atomic E-state index is 12.8. The van der Waals surface area contributed by atoms with Crippen LogP contribution >= 0.6 is 11.6 Å². The third kappa shape index (κ3) is 4.64. The van der Waals surface area contributed by atoms with Crippen molar-refractivity contribution in [3.05, 3.63) is 83.4 Å². The highest BCUT2D eigenvalue weighted by Crippen LogP contribution is 2.26. The molecule has 0 saturated heterocycles. The van der Waals surface area contributed by atoms with Crippen molar-refractivity contribution in [1.29, 1.82) is 0 Å². The van der Waals surface area contributed by atoms with Gasteiger partial charge in [-0.2, -0.15) is 4.98 Å². The Bertz CT molecular complexity index is 1350. The first-order valence-corrected chi connectivity index (χ1v) is 10.9. The summed E-state index contributed by atoms with van der Waals surface area (Å²) in [7, 11) is -3.81. The molecule has 1 amide bonds. The Morgan fingerprint density at radius 3 is 2.32 bits per heavy atom. The number of hydrogen-bond acceptors (Lipinski definition) is 6. The molecular weight excluding hydrogens is 440 g/mol. The molecule has 10 heteroatoms. The van der Waals surface area contributed by atoms with Gasteiger partial charge in [-0.25, -0.2) is 13.6 Å². The van der Waals surface area contributed by atoms with Crippen LogP contribution in [-0.4, -0.2) is 24.5 Å². The zero-order valence-electron chi connectivity index (χ0n) is 15.8. The maximum atomic E-state index is 12.8. The number of hydrogen-bond donors (Lipinski definition) is 2. The van der Waals surface area contributed by atoms with Gasteiger partial charge in [0.25, 0.3) is 11.8 Å². The Morgan fingerprint density at radius 2 is 1.65 bits per heavy atom. The number of carbonyl (C=O) groups excluding carboxylic acids is 1. The number of rotatable bonds is 5. The molecule has 0 spiro atoms. The number of anilines is 1. The van der Waals surface area contributed by atoms with Gasteiger partial charge in [0.05, 0.1) is 16.0 Å². The molecule has 1 heterocycles. The van der Waals surface area contributed by atoms with Gasteiger partial charge in [-0.15, -0.1) is 0 Å². The lowest BCUT2D eigenvalue weighted by Gasteiger charge is -2.08. The van der Waals surface area contributed by atoms with Gasteiger partial charge in [0.1, 0.15) is 0 Å². The van der Waals surface area contributed by atoms with Gasteiger partial charge in [-0.1, -0.05) is 28.9 Å². The number of sulfonamides is 1. The average molecular weight is 455 g/mol. The van der Waals surface area contributed by atoms with Gasteiger partial charge in [0, 0.05) is 16.3 Å². The quantitative estimate of drug-likeness (QED) is 0.469. The average Bonchev–Trinajstić information content (AvgIpc) is 3.24. The Hall–Kier alpha value is -3.53. The molecule has 0 bridgehead atoms. The molecule has 0 unspecified atom stereocenters. The lowest BCUT2D eigenvalue weighted by molar-refractivity contribution is 0.102. The number of nitrogens with two attached hydrogens (primary N) is 1. The summed E-state index contributed by atoms with van der Waals surface area (Å²) in [5.41, 5.74) is 1.88. The number of benzene rings is 3. The fraction of sp³-hybridized carbons (Fsp3) is 0. The summed E-state index contributed by atoms with van der Waals surface area (Å²) in [4.78, 5) is 17.2. The molecule has 4 aromatic rings. The van der Waals surface area contributed by atoms with Crippen LogP contribution in [0.4, 0.5) is 5.69 Å². The Labute approximate surface area is 182 Å². The predicted molar refractivity (Wildman–Crippen MR) is 116 cm³/mol. The van der Waals surface area contributed by atoms with Crippen molar-refractivity contribution in [3.63, 3.8) is 0 Å². The van der Waals surface area contributed by atoms with E-state index in [1.54, 1.807) is 48.5 Å². The molecule has 31 heavy (non-hydrogen) atoms. The molecular formula is C21H15ClN4O4S. The highest BCUT2D eigenvalue weighted by molar-refractivity contribution is 7.89. The molecule has 3 N–H and O–H groups in total. The first-order valence-electron chi connectivity index (χ1n) is 8.94. The van der Waals surface area contributed by atoms with Gasteiger partial charge in [0.15, 0.2) is 0 Å². The molecule has 0 atom stereocenters. The van der Waals surface area contributed by atoms with Gasteiger partial charge in [-0.3, -0.25) is 4.79 Å². The Balaban J connectivity index is 1.60. The van der Waals surface area contributed by atoms with Crippen LogP contribution in [0.5, 0.6) is 0 Å². The van der Waals surface area contributed by atoms with Crippen LogP contribution in [0.1, 0.15) is 10.4 Å². The van der Waals surface area contributed by atoms with Crippen molar-refractivity contribution in [1.82, 2.24) is 10.1 Å². The number of primary sulfonamides is 1. The molecule has 0 aliphatic rings. The summed E-state index contributed by atoms with van der Waals surface area (Å²) < 4.78 is 28.1. The van der Waals surface area contributed by atoms with E-state index in [0.29, 0.717) is 27.7 Å².